The van der Waals surface area contributed by atoms with Crippen LogP contribution in [0.3, 0.4) is 0 Å². The van der Waals surface area contributed by atoms with Crippen molar-refractivity contribution >= 4 is 39.4 Å². The highest BCUT2D eigenvalue weighted by Crippen LogP contribution is 2.35. The quantitative estimate of drug-likeness (QED) is 0.750. The average Bonchev–Trinajstić information content (AvgIpc) is 3.34. The molecular weight excluding hydrogens is 378 g/mol. The van der Waals surface area contributed by atoms with E-state index in [0.29, 0.717) is 10.9 Å². The van der Waals surface area contributed by atoms with Gasteiger partial charge in [0.1, 0.15) is 4.83 Å². The minimum absolute atomic E-state index is 0.0206. The van der Waals surface area contributed by atoms with Gasteiger partial charge in [0, 0.05) is 11.4 Å². The van der Waals surface area contributed by atoms with Crippen molar-refractivity contribution in [2.75, 3.05) is 13.1 Å². The Hall–Kier alpha value is -2.42. The molecule has 1 saturated carbocycles. The summed E-state index contributed by atoms with van der Waals surface area (Å²) in [5.74, 6) is -0.452. The predicted molar refractivity (Wildman–Crippen MR) is 107 cm³/mol. The topological polar surface area (TPSA) is 96.3 Å². The van der Waals surface area contributed by atoms with E-state index in [1.165, 1.54) is 30.6 Å². The second-order valence-corrected chi connectivity index (χ2v) is 8.72. The molecule has 0 aromatic carbocycles. The molecule has 1 saturated heterocycles. The van der Waals surface area contributed by atoms with Crippen LogP contribution in [0.5, 0.6) is 0 Å². The van der Waals surface area contributed by atoms with Gasteiger partial charge in [-0.3, -0.25) is 19.2 Å². The second kappa shape index (κ2) is 7.54. The molecule has 3 heterocycles. The van der Waals surface area contributed by atoms with Crippen molar-refractivity contribution in [3.63, 3.8) is 0 Å². The minimum Gasteiger partial charge on any atom is -0.347 e. The Morgan fingerprint density at radius 1 is 1.36 bits per heavy atom. The Bertz CT molecular complexity index is 912. The van der Waals surface area contributed by atoms with E-state index in [4.69, 9.17) is 5.10 Å². The normalized spacial score (nSPS) is 19.3. The summed E-state index contributed by atoms with van der Waals surface area (Å²) < 4.78 is 2.11. The van der Waals surface area contributed by atoms with Gasteiger partial charge in [-0.1, -0.05) is 19.3 Å². The number of hydrogen-bond acceptors (Lipinski definition) is 5. The third-order valence-corrected chi connectivity index (χ3v) is 6.61. The number of aromatic nitrogens is 2. The number of amides is 4. The van der Waals surface area contributed by atoms with Crippen molar-refractivity contribution in [1.29, 1.82) is 0 Å². The first-order chi connectivity index (χ1) is 13.4. The molecule has 9 heteroatoms. The van der Waals surface area contributed by atoms with Gasteiger partial charge < -0.3 is 10.6 Å². The number of urea groups is 1. The van der Waals surface area contributed by atoms with E-state index in [1.807, 2.05) is 13.0 Å². The van der Waals surface area contributed by atoms with Crippen molar-refractivity contribution in [2.45, 2.75) is 58.0 Å². The number of carbonyl (C=O) groups is 3. The highest BCUT2D eigenvalue weighted by Gasteiger charge is 2.30. The number of rotatable bonds is 5. The number of carbonyl (C=O) groups excluding carboxylic acids is 3. The van der Waals surface area contributed by atoms with Crippen molar-refractivity contribution in [3.05, 3.63) is 16.6 Å². The van der Waals surface area contributed by atoms with Crippen molar-refractivity contribution < 1.29 is 14.4 Å². The number of aryl methyl sites for hydroxylation is 1. The molecule has 1 aliphatic carbocycles. The molecule has 1 atom stereocenters. The summed E-state index contributed by atoms with van der Waals surface area (Å²) in [5.41, 5.74) is 0.947. The van der Waals surface area contributed by atoms with Gasteiger partial charge in [0.2, 0.25) is 5.91 Å². The van der Waals surface area contributed by atoms with Gasteiger partial charge in [-0.25, -0.2) is 4.79 Å². The van der Waals surface area contributed by atoms with E-state index in [-0.39, 0.29) is 30.9 Å². The van der Waals surface area contributed by atoms with Crippen LogP contribution in [0, 0.1) is 6.92 Å². The van der Waals surface area contributed by atoms with Crippen molar-refractivity contribution in [3.8, 4) is 0 Å². The Labute approximate surface area is 167 Å². The number of imide groups is 1. The van der Waals surface area contributed by atoms with Gasteiger partial charge in [-0.2, -0.15) is 5.10 Å². The summed E-state index contributed by atoms with van der Waals surface area (Å²) in [4.78, 5) is 38.9. The molecule has 28 heavy (non-hydrogen) atoms. The molecule has 0 bridgehead atoms. The van der Waals surface area contributed by atoms with Crippen LogP contribution in [-0.4, -0.2) is 51.7 Å². The number of thiophene rings is 1. The summed E-state index contributed by atoms with van der Waals surface area (Å²) in [6.45, 7) is 3.96. The second-order valence-electron chi connectivity index (χ2n) is 7.69. The summed E-state index contributed by atoms with van der Waals surface area (Å²) in [6, 6.07) is 1.58. The molecule has 2 aliphatic rings. The number of fused-ring (bicyclic) bond motifs is 1. The lowest BCUT2D eigenvalue weighted by molar-refractivity contribution is -0.125. The fourth-order valence-electron chi connectivity index (χ4n) is 4.01. The third-order valence-electron chi connectivity index (χ3n) is 5.48. The summed E-state index contributed by atoms with van der Waals surface area (Å²) in [6.07, 6.45) is 6.01. The molecule has 150 valence electrons. The lowest BCUT2D eigenvalue weighted by Crippen LogP contribution is -2.44. The van der Waals surface area contributed by atoms with Crippen LogP contribution in [0.15, 0.2) is 6.07 Å². The first kappa shape index (κ1) is 18.9. The molecule has 0 radical (unpaired) electrons. The van der Waals surface area contributed by atoms with E-state index in [2.05, 4.69) is 15.3 Å². The maximum absolute atomic E-state index is 12.7. The number of nitrogens with zero attached hydrogens (tertiary/aromatic N) is 3. The maximum atomic E-state index is 12.7. The maximum Gasteiger partial charge on any atom is 0.324 e. The van der Waals surface area contributed by atoms with Crippen LogP contribution < -0.4 is 10.6 Å². The summed E-state index contributed by atoms with van der Waals surface area (Å²) >= 11 is 1.46. The predicted octanol–water partition coefficient (Wildman–Crippen LogP) is 2.58. The van der Waals surface area contributed by atoms with Crippen LogP contribution in [0.1, 0.15) is 60.4 Å². The van der Waals surface area contributed by atoms with Crippen LogP contribution >= 0.6 is 11.3 Å². The molecule has 2 N–H and O–H groups in total. The van der Waals surface area contributed by atoms with E-state index >= 15 is 0 Å². The molecule has 8 nitrogen and oxygen atoms in total. The molecule has 4 amide bonds. The van der Waals surface area contributed by atoms with Gasteiger partial charge >= 0.3 is 6.03 Å². The fraction of sp³-hybridized carbons (Fsp3) is 0.579. The molecule has 1 aliphatic heterocycles. The minimum atomic E-state index is -0.406. The number of nitrogens with one attached hydrogen (secondary N) is 2. The zero-order chi connectivity index (χ0) is 19.8. The van der Waals surface area contributed by atoms with E-state index < -0.39 is 6.03 Å². The van der Waals surface area contributed by atoms with Crippen LogP contribution in [-0.2, 0) is 4.79 Å². The van der Waals surface area contributed by atoms with E-state index in [1.54, 1.807) is 6.92 Å². The molecule has 2 aromatic heterocycles. The Kier molecular flexibility index (Phi) is 5.09. The van der Waals surface area contributed by atoms with Gasteiger partial charge in [-0.15, -0.1) is 11.3 Å². The molecule has 2 aromatic rings. The largest absolute Gasteiger partial charge is 0.347 e. The van der Waals surface area contributed by atoms with Crippen LogP contribution in [0.25, 0.3) is 10.2 Å². The zero-order valence-electron chi connectivity index (χ0n) is 16.2. The summed E-state index contributed by atoms with van der Waals surface area (Å²) in [7, 11) is 0. The van der Waals surface area contributed by atoms with Gasteiger partial charge in [0.25, 0.3) is 5.91 Å². The lowest BCUT2D eigenvalue weighted by Gasteiger charge is -2.22. The van der Waals surface area contributed by atoms with Gasteiger partial charge in [0.05, 0.1) is 29.7 Å². The molecular formula is C19H25N5O3S. The van der Waals surface area contributed by atoms with Crippen LogP contribution in [0.4, 0.5) is 4.79 Å². The summed E-state index contributed by atoms with van der Waals surface area (Å²) in [5, 5.41) is 11.1. The molecule has 0 spiro atoms. The van der Waals surface area contributed by atoms with Gasteiger partial charge in [-0.05, 0) is 32.8 Å². The van der Waals surface area contributed by atoms with Gasteiger partial charge in [0.15, 0.2) is 0 Å². The Balaban J connectivity index is 1.48. The van der Waals surface area contributed by atoms with Crippen LogP contribution in [0.2, 0.25) is 0 Å². The highest BCUT2D eigenvalue weighted by molar-refractivity contribution is 7.20. The molecule has 2 fully saturated rings. The van der Waals surface area contributed by atoms with E-state index in [0.717, 1.165) is 33.7 Å². The Morgan fingerprint density at radius 3 is 2.79 bits per heavy atom. The Morgan fingerprint density at radius 2 is 2.11 bits per heavy atom. The average molecular weight is 404 g/mol. The first-order valence-corrected chi connectivity index (χ1v) is 10.6. The number of hydrogen-bond donors (Lipinski definition) is 2. The fourth-order valence-corrected chi connectivity index (χ4v) is 5.15. The van der Waals surface area contributed by atoms with Crippen molar-refractivity contribution in [1.82, 2.24) is 25.3 Å². The highest BCUT2D eigenvalue weighted by atomic mass is 32.1. The molecule has 0 unspecified atom stereocenters. The smallest absolute Gasteiger partial charge is 0.324 e. The standard InChI is InChI=1S/C19H25N5O3S/c1-11(10-23-16(25)9-20-19(23)27)21-17(26)15-8-14-12(2)22-24(18(14)28-15)13-6-4-3-5-7-13/h8,11,13H,3-7,9-10H2,1-2H3,(H,20,27)(H,21,26)/t11-/m0/s1. The SMILES string of the molecule is Cc1nn(C2CCCCC2)c2sc(C(=O)N[C@@H](C)CN3C(=O)CNC3=O)cc12. The zero-order valence-corrected chi connectivity index (χ0v) is 17.0. The monoisotopic (exact) mass is 403 g/mol. The van der Waals surface area contributed by atoms with E-state index in [9.17, 15) is 14.4 Å². The lowest BCUT2D eigenvalue weighted by atomic mass is 9.96. The third kappa shape index (κ3) is 3.50. The molecule has 4 rings (SSSR count). The van der Waals surface area contributed by atoms with Crippen molar-refractivity contribution in [2.24, 2.45) is 0 Å². The first-order valence-electron chi connectivity index (χ1n) is 9.81.